The summed E-state index contributed by atoms with van der Waals surface area (Å²) >= 11 is 0. The van der Waals surface area contributed by atoms with E-state index in [9.17, 15) is 0 Å². The summed E-state index contributed by atoms with van der Waals surface area (Å²) in [6.45, 7) is 3.14. The number of hydrogen-bond donors (Lipinski definition) is 1. The van der Waals surface area contributed by atoms with Crippen LogP contribution >= 0.6 is 0 Å². The van der Waals surface area contributed by atoms with Crippen molar-refractivity contribution in [1.29, 1.82) is 0 Å². The summed E-state index contributed by atoms with van der Waals surface area (Å²) in [5, 5.41) is 8.30. The van der Waals surface area contributed by atoms with E-state index in [0.717, 1.165) is 24.5 Å². The maximum Gasteiger partial charge on any atom is 0.126 e. The highest BCUT2D eigenvalue weighted by Crippen LogP contribution is 2.44. The van der Waals surface area contributed by atoms with Gasteiger partial charge in [-0.2, -0.15) is 5.10 Å². The molecule has 2 aromatic rings. The first-order valence-electron chi connectivity index (χ1n) is 8.65. The van der Waals surface area contributed by atoms with Crippen LogP contribution in [0.15, 0.2) is 24.4 Å². The van der Waals surface area contributed by atoms with Gasteiger partial charge >= 0.3 is 0 Å². The second-order valence-corrected chi connectivity index (χ2v) is 6.60. The minimum absolute atomic E-state index is 0.618. The third-order valence-electron chi connectivity index (χ3n) is 4.75. The van der Waals surface area contributed by atoms with Gasteiger partial charge in [-0.15, -0.1) is 0 Å². The van der Waals surface area contributed by atoms with Crippen LogP contribution in [0.25, 0.3) is 11.3 Å². The van der Waals surface area contributed by atoms with Gasteiger partial charge in [-0.1, -0.05) is 13.0 Å². The highest BCUT2D eigenvalue weighted by Gasteiger charge is 2.32. The topological polar surface area (TPSA) is 42.7 Å². The molecule has 4 nitrogen and oxygen atoms in total. The predicted molar refractivity (Wildman–Crippen MR) is 89.1 cm³/mol. The average Bonchev–Trinajstić information content (AvgIpc) is 3.24. The Morgan fingerprint density at radius 3 is 2.77 bits per heavy atom. The number of pyridine rings is 1. The Hall–Kier alpha value is -1.84. The van der Waals surface area contributed by atoms with Crippen molar-refractivity contribution in [1.82, 2.24) is 14.8 Å². The lowest BCUT2D eigenvalue weighted by atomic mass is 9.93. The minimum Gasteiger partial charge on any atom is -0.370 e. The smallest absolute Gasteiger partial charge is 0.126 e. The van der Waals surface area contributed by atoms with Crippen LogP contribution < -0.4 is 5.32 Å². The molecule has 0 spiro atoms. The molecule has 4 rings (SSSR count). The molecule has 116 valence electrons. The van der Waals surface area contributed by atoms with Crippen molar-refractivity contribution >= 4 is 5.82 Å². The summed E-state index contributed by atoms with van der Waals surface area (Å²) in [5.74, 6) is 1.63. The molecule has 2 aliphatic carbocycles. The van der Waals surface area contributed by atoms with E-state index < -0.39 is 0 Å². The molecule has 0 radical (unpaired) electrons. The average molecular weight is 296 g/mol. The zero-order valence-corrected chi connectivity index (χ0v) is 13.3. The summed E-state index contributed by atoms with van der Waals surface area (Å²) in [6, 6.07) is 6.88. The lowest BCUT2D eigenvalue weighted by Gasteiger charge is -2.25. The van der Waals surface area contributed by atoms with E-state index in [0.29, 0.717) is 12.0 Å². The van der Waals surface area contributed by atoms with Crippen molar-refractivity contribution in [2.45, 2.75) is 57.4 Å². The molecule has 0 atom stereocenters. The Morgan fingerprint density at radius 1 is 1.23 bits per heavy atom. The molecule has 2 fully saturated rings. The zero-order valence-electron chi connectivity index (χ0n) is 13.3. The minimum atomic E-state index is 0.618. The van der Waals surface area contributed by atoms with Crippen LogP contribution in [0.2, 0.25) is 0 Å². The van der Waals surface area contributed by atoms with E-state index in [2.05, 4.69) is 35.3 Å². The molecule has 2 aromatic heterocycles. The SMILES string of the molecule is CCCNc1cccc(-c2cn(C3CCC3)nc2C2CC2)n1. The van der Waals surface area contributed by atoms with Crippen LogP contribution in [0.4, 0.5) is 5.82 Å². The Morgan fingerprint density at radius 2 is 2.09 bits per heavy atom. The van der Waals surface area contributed by atoms with Crippen molar-refractivity contribution in [3.63, 3.8) is 0 Å². The largest absolute Gasteiger partial charge is 0.370 e. The lowest BCUT2D eigenvalue weighted by molar-refractivity contribution is 0.288. The van der Waals surface area contributed by atoms with Crippen LogP contribution in [-0.2, 0) is 0 Å². The van der Waals surface area contributed by atoms with Gasteiger partial charge < -0.3 is 5.32 Å². The second-order valence-electron chi connectivity index (χ2n) is 6.60. The lowest BCUT2D eigenvalue weighted by Crippen LogP contribution is -2.17. The first kappa shape index (κ1) is 13.8. The third-order valence-corrected chi connectivity index (χ3v) is 4.75. The first-order chi connectivity index (χ1) is 10.8. The first-order valence-corrected chi connectivity index (χ1v) is 8.65. The zero-order chi connectivity index (χ0) is 14.9. The summed E-state index contributed by atoms with van der Waals surface area (Å²) in [6.07, 6.45) is 9.80. The molecule has 0 saturated heterocycles. The molecule has 4 heteroatoms. The van der Waals surface area contributed by atoms with Gasteiger partial charge in [0.1, 0.15) is 5.82 Å². The predicted octanol–water partition coefficient (Wildman–Crippen LogP) is 4.37. The van der Waals surface area contributed by atoms with Crippen molar-refractivity contribution in [3.05, 3.63) is 30.1 Å². The summed E-state index contributed by atoms with van der Waals surface area (Å²) in [4.78, 5) is 4.80. The standard InChI is InChI=1S/C18H24N4/c1-2-11-19-17-8-4-7-16(20-17)15-12-22(14-5-3-6-14)21-18(15)13-9-10-13/h4,7-8,12-14H,2-3,5-6,9-11H2,1H3,(H,19,20). The van der Waals surface area contributed by atoms with Gasteiger partial charge in [0, 0.05) is 24.2 Å². The molecule has 0 bridgehead atoms. The van der Waals surface area contributed by atoms with E-state index in [-0.39, 0.29) is 0 Å². The van der Waals surface area contributed by atoms with Gasteiger partial charge in [0.2, 0.25) is 0 Å². The van der Waals surface area contributed by atoms with E-state index in [1.807, 2.05) is 6.07 Å². The monoisotopic (exact) mass is 296 g/mol. The quantitative estimate of drug-likeness (QED) is 0.860. The molecule has 2 aliphatic rings. The molecular weight excluding hydrogens is 272 g/mol. The third kappa shape index (κ3) is 2.62. The van der Waals surface area contributed by atoms with Gasteiger partial charge in [-0.3, -0.25) is 4.68 Å². The van der Waals surface area contributed by atoms with Gasteiger partial charge in [-0.25, -0.2) is 4.98 Å². The summed E-state index contributed by atoms with van der Waals surface area (Å²) < 4.78 is 2.21. The molecule has 0 unspecified atom stereocenters. The van der Waals surface area contributed by atoms with Crippen LogP contribution in [0.1, 0.15) is 63.1 Å². The fraction of sp³-hybridized carbons (Fsp3) is 0.556. The van der Waals surface area contributed by atoms with Gasteiger partial charge in [-0.05, 0) is 50.7 Å². The Balaban J connectivity index is 1.66. The number of hydrogen-bond acceptors (Lipinski definition) is 3. The van der Waals surface area contributed by atoms with Crippen LogP contribution in [0, 0.1) is 0 Å². The van der Waals surface area contributed by atoms with Crippen LogP contribution in [-0.4, -0.2) is 21.3 Å². The molecule has 0 aromatic carbocycles. The van der Waals surface area contributed by atoms with E-state index >= 15 is 0 Å². The van der Waals surface area contributed by atoms with Crippen LogP contribution in [0.3, 0.4) is 0 Å². The molecule has 2 saturated carbocycles. The van der Waals surface area contributed by atoms with E-state index in [1.165, 1.54) is 43.4 Å². The Kier molecular flexibility index (Phi) is 3.60. The molecule has 0 aliphatic heterocycles. The van der Waals surface area contributed by atoms with Crippen molar-refractivity contribution < 1.29 is 0 Å². The Labute approximate surface area is 132 Å². The Bertz CT molecular complexity index is 653. The number of rotatable bonds is 6. The maximum atomic E-state index is 4.92. The highest BCUT2D eigenvalue weighted by molar-refractivity contribution is 5.64. The van der Waals surface area contributed by atoms with Crippen molar-refractivity contribution in [2.75, 3.05) is 11.9 Å². The van der Waals surface area contributed by atoms with Gasteiger partial charge in [0.25, 0.3) is 0 Å². The number of nitrogens with one attached hydrogen (secondary N) is 1. The number of nitrogens with zero attached hydrogens (tertiary/aromatic N) is 3. The maximum absolute atomic E-state index is 4.92. The van der Waals surface area contributed by atoms with Crippen LogP contribution in [0.5, 0.6) is 0 Å². The fourth-order valence-corrected chi connectivity index (χ4v) is 3.04. The molecule has 22 heavy (non-hydrogen) atoms. The summed E-state index contributed by atoms with van der Waals surface area (Å²) in [5.41, 5.74) is 3.58. The van der Waals surface area contributed by atoms with Crippen molar-refractivity contribution in [2.24, 2.45) is 0 Å². The highest BCUT2D eigenvalue weighted by atomic mass is 15.3. The second kappa shape index (κ2) is 5.75. The normalized spacial score (nSPS) is 18.2. The molecule has 0 amide bonds. The van der Waals surface area contributed by atoms with E-state index in [4.69, 9.17) is 10.1 Å². The van der Waals surface area contributed by atoms with Gasteiger partial charge in [0.15, 0.2) is 0 Å². The molecule has 1 N–H and O–H groups in total. The summed E-state index contributed by atoms with van der Waals surface area (Å²) in [7, 11) is 0. The van der Waals surface area contributed by atoms with Crippen molar-refractivity contribution in [3.8, 4) is 11.3 Å². The molecule has 2 heterocycles. The van der Waals surface area contributed by atoms with Gasteiger partial charge in [0.05, 0.1) is 17.4 Å². The molecular formula is C18H24N4. The fourth-order valence-electron chi connectivity index (χ4n) is 3.04. The number of anilines is 1. The number of aromatic nitrogens is 3. The van der Waals surface area contributed by atoms with E-state index in [1.54, 1.807) is 0 Å².